The second-order valence-corrected chi connectivity index (χ2v) is 8.62. The van der Waals surface area contributed by atoms with Gasteiger partial charge in [0.1, 0.15) is 11.9 Å². The Morgan fingerprint density at radius 2 is 1.80 bits per heavy atom. The Hall–Kier alpha value is -2.05. The molecule has 0 unspecified atom stereocenters. The predicted octanol–water partition coefficient (Wildman–Crippen LogP) is 5.04. The lowest BCUT2D eigenvalue weighted by Gasteiger charge is -2.29. The molecule has 2 aromatic carbocycles. The molecule has 4 nitrogen and oxygen atoms in total. The molecule has 0 aliphatic heterocycles. The highest BCUT2D eigenvalue weighted by atomic mass is 35.5. The summed E-state index contributed by atoms with van der Waals surface area (Å²) in [6, 6.07) is 12.9. The number of nitrogens with zero attached hydrogens (tertiary/aromatic N) is 1. The van der Waals surface area contributed by atoms with Gasteiger partial charge in [0.2, 0.25) is 11.8 Å². The summed E-state index contributed by atoms with van der Waals surface area (Å²) >= 11 is 7.63. The minimum Gasteiger partial charge on any atom is -0.352 e. The predicted molar refractivity (Wildman–Crippen MR) is 122 cm³/mol. The molecule has 2 amide bonds. The highest BCUT2D eigenvalue weighted by Crippen LogP contribution is 2.21. The van der Waals surface area contributed by atoms with Gasteiger partial charge in [-0.3, -0.25) is 9.59 Å². The normalized spacial score (nSPS) is 12.8. The van der Waals surface area contributed by atoms with Crippen LogP contribution in [0.4, 0.5) is 4.39 Å². The summed E-state index contributed by atoms with van der Waals surface area (Å²) in [7, 11) is 0. The SMILES string of the molecule is CC[C@H](C)NC(=O)[C@H](C)N(Cc1ccc(F)cc1)C(=O)CSCc1ccccc1Cl. The summed E-state index contributed by atoms with van der Waals surface area (Å²) in [5.74, 6) is 0.130. The van der Waals surface area contributed by atoms with Crippen LogP contribution in [0.1, 0.15) is 38.3 Å². The Balaban J connectivity index is 2.08. The average molecular weight is 451 g/mol. The molecule has 0 spiro atoms. The maximum Gasteiger partial charge on any atom is 0.242 e. The molecule has 0 saturated carbocycles. The van der Waals surface area contributed by atoms with E-state index < -0.39 is 6.04 Å². The molecule has 0 heterocycles. The molecule has 7 heteroatoms. The molecule has 0 fully saturated rings. The van der Waals surface area contributed by atoms with E-state index in [0.29, 0.717) is 10.8 Å². The summed E-state index contributed by atoms with van der Waals surface area (Å²) in [4.78, 5) is 27.2. The number of hydrogen-bond donors (Lipinski definition) is 1. The van der Waals surface area contributed by atoms with Crippen molar-refractivity contribution in [3.05, 3.63) is 70.5 Å². The van der Waals surface area contributed by atoms with E-state index in [2.05, 4.69) is 5.32 Å². The lowest BCUT2D eigenvalue weighted by atomic mass is 10.1. The van der Waals surface area contributed by atoms with Gasteiger partial charge in [-0.15, -0.1) is 11.8 Å². The molecule has 162 valence electrons. The summed E-state index contributed by atoms with van der Waals surface area (Å²) in [6.07, 6.45) is 0.804. The van der Waals surface area contributed by atoms with Gasteiger partial charge >= 0.3 is 0 Å². The highest BCUT2D eigenvalue weighted by Gasteiger charge is 2.26. The first-order valence-corrected chi connectivity index (χ1v) is 11.5. The van der Waals surface area contributed by atoms with Crippen LogP contribution in [0.15, 0.2) is 48.5 Å². The van der Waals surface area contributed by atoms with Gasteiger partial charge in [-0.05, 0) is 49.6 Å². The van der Waals surface area contributed by atoms with Crippen molar-refractivity contribution < 1.29 is 14.0 Å². The highest BCUT2D eigenvalue weighted by molar-refractivity contribution is 7.99. The van der Waals surface area contributed by atoms with Gasteiger partial charge in [-0.2, -0.15) is 0 Å². The Bertz CT molecular complexity index is 847. The molecular formula is C23H28ClFN2O2S. The van der Waals surface area contributed by atoms with Crippen LogP contribution in [-0.4, -0.2) is 34.6 Å². The molecule has 2 aromatic rings. The van der Waals surface area contributed by atoms with E-state index in [-0.39, 0.29) is 36.0 Å². The molecule has 0 saturated heterocycles. The largest absolute Gasteiger partial charge is 0.352 e. The van der Waals surface area contributed by atoms with Gasteiger partial charge in [0.05, 0.1) is 5.75 Å². The molecule has 0 bridgehead atoms. The van der Waals surface area contributed by atoms with Crippen LogP contribution in [0.5, 0.6) is 0 Å². The average Bonchev–Trinajstić information content (AvgIpc) is 2.73. The molecule has 2 rings (SSSR count). The maximum absolute atomic E-state index is 13.3. The molecule has 2 atom stereocenters. The lowest BCUT2D eigenvalue weighted by Crippen LogP contribution is -2.50. The fourth-order valence-corrected chi connectivity index (χ4v) is 3.98. The third kappa shape index (κ3) is 7.33. The van der Waals surface area contributed by atoms with Gasteiger partial charge in [-0.25, -0.2) is 4.39 Å². The van der Waals surface area contributed by atoms with Gasteiger partial charge in [0.15, 0.2) is 0 Å². The molecular weight excluding hydrogens is 423 g/mol. The monoisotopic (exact) mass is 450 g/mol. The van der Waals surface area contributed by atoms with Crippen LogP contribution in [0.25, 0.3) is 0 Å². The molecule has 0 aromatic heterocycles. The van der Waals surface area contributed by atoms with Gasteiger partial charge in [0, 0.05) is 23.4 Å². The van der Waals surface area contributed by atoms with Crippen LogP contribution in [0, 0.1) is 5.82 Å². The number of nitrogens with one attached hydrogen (secondary N) is 1. The number of carbonyl (C=O) groups is 2. The van der Waals surface area contributed by atoms with Crippen LogP contribution in [-0.2, 0) is 21.9 Å². The zero-order valence-electron chi connectivity index (χ0n) is 17.5. The van der Waals surface area contributed by atoms with E-state index in [0.717, 1.165) is 17.5 Å². The topological polar surface area (TPSA) is 49.4 Å². The maximum atomic E-state index is 13.3. The van der Waals surface area contributed by atoms with E-state index in [4.69, 9.17) is 11.6 Å². The fraction of sp³-hybridized carbons (Fsp3) is 0.391. The number of rotatable bonds is 10. The second-order valence-electron chi connectivity index (χ2n) is 7.23. The standard InChI is InChI=1S/C23H28ClFN2O2S/c1-4-16(2)26-23(29)17(3)27(13-18-9-11-20(25)12-10-18)22(28)15-30-14-19-7-5-6-8-21(19)24/h5-12,16-17H,4,13-15H2,1-3H3,(H,26,29)/t16-,17-/m0/s1. The van der Waals surface area contributed by atoms with Crippen molar-refractivity contribution in [1.29, 1.82) is 0 Å². The van der Waals surface area contributed by atoms with Crippen molar-refractivity contribution in [2.24, 2.45) is 0 Å². The zero-order valence-corrected chi connectivity index (χ0v) is 19.1. The Morgan fingerprint density at radius 1 is 1.13 bits per heavy atom. The number of halogens is 2. The minimum atomic E-state index is -0.641. The van der Waals surface area contributed by atoms with E-state index >= 15 is 0 Å². The van der Waals surface area contributed by atoms with Gasteiger partial charge < -0.3 is 10.2 Å². The number of hydrogen-bond acceptors (Lipinski definition) is 3. The third-order valence-corrected chi connectivity index (χ3v) is 6.21. The van der Waals surface area contributed by atoms with Crippen LogP contribution >= 0.6 is 23.4 Å². The Labute approximate surface area is 187 Å². The number of thioether (sulfide) groups is 1. The molecule has 0 aliphatic carbocycles. The van der Waals surface area contributed by atoms with Crippen molar-refractivity contribution >= 4 is 35.2 Å². The minimum absolute atomic E-state index is 0.0253. The van der Waals surface area contributed by atoms with E-state index in [9.17, 15) is 14.0 Å². The first-order chi connectivity index (χ1) is 14.3. The van der Waals surface area contributed by atoms with Crippen LogP contribution in [0.3, 0.4) is 0 Å². The van der Waals surface area contributed by atoms with E-state index in [1.807, 2.05) is 38.1 Å². The van der Waals surface area contributed by atoms with E-state index in [1.54, 1.807) is 24.0 Å². The summed E-state index contributed by atoms with van der Waals surface area (Å²) in [5, 5.41) is 3.60. The molecule has 1 N–H and O–H groups in total. The number of benzene rings is 2. The Morgan fingerprint density at radius 3 is 2.43 bits per heavy atom. The van der Waals surface area contributed by atoms with Crippen LogP contribution < -0.4 is 5.32 Å². The summed E-state index contributed by atoms with van der Waals surface area (Å²) in [6.45, 7) is 5.87. The van der Waals surface area contributed by atoms with Crippen molar-refractivity contribution in [1.82, 2.24) is 10.2 Å². The van der Waals surface area contributed by atoms with Gasteiger partial charge in [0.25, 0.3) is 0 Å². The third-order valence-electron chi connectivity index (χ3n) is 4.88. The number of amides is 2. The Kier molecular flexibility index (Phi) is 9.66. The smallest absolute Gasteiger partial charge is 0.242 e. The molecule has 0 radical (unpaired) electrons. The lowest BCUT2D eigenvalue weighted by molar-refractivity contribution is -0.138. The van der Waals surface area contributed by atoms with Crippen molar-refractivity contribution in [3.63, 3.8) is 0 Å². The molecule has 30 heavy (non-hydrogen) atoms. The van der Waals surface area contributed by atoms with Gasteiger partial charge in [-0.1, -0.05) is 48.9 Å². The fourth-order valence-electron chi connectivity index (χ4n) is 2.78. The first kappa shape index (κ1) is 24.2. The van der Waals surface area contributed by atoms with Crippen molar-refractivity contribution in [3.8, 4) is 0 Å². The number of carbonyl (C=O) groups excluding carboxylic acids is 2. The first-order valence-electron chi connectivity index (χ1n) is 9.97. The zero-order chi connectivity index (χ0) is 22.1. The summed E-state index contributed by atoms with van der Waals surface area (Å²) < 4.78 is 13.3. The van der Waals surface area contributed by atoms with Crippen LogP contribution in [0.2, 0.25) is 5.02 Å². The van der Waals surface area contributed by atoms with Crippen molar-refractivity contribution in [2.45, 2.75) is 51.6 Å². The van der Waals surface area contributed by atoms with Crippen molar-refractivity contribution in [2.75, 3.05) is 5.75 Å². The summed E-state index contributed by atoms with van der Waals surface area (Å²) in [5.41, 5.74) is 1.73. The second kappa shape index (κ2) is 12.0. The molecule has 0 aliphatic rings. The van der Waals surface area contributed by atoms with E-state index in [1.165, 1.54) is 23.9 Å². The quantitative estimate of drug-likeness (QED) is 0.551.